The smallest absolute Gasteiger partial charge is 0.236 e. The SMILES string of the molecule is CCCC(N)C(=O)NCCC(O)CC. The number of hydrogen-bond acceptors (Lipinski definition) is 3. The van der Waals surface area contributed by atoms with Gasteiger partial charge in [0.1, 0.15) is 0 Å². The highest BCUT2D eigenvalue weighted by atomic mass is 16.3. The van der Waals surface area contributed by atoms with E-state index in [1.807, 2.05) is 13.8 Å². The number of rotatable bonds is 7. The Bertz CT molecular complexity index is 162. The summed E-state index contributed by atoms with van der Waals surface area (Å²) in [6.45, 7) is 4.41. The number of nitrogens with two attached hydrogens (primary N) is 1. The molecule has 0 radical (unpaired) electrons. The van der Waals surface area contributed by atoms with Gasteiger partial charge < -0.3 is 16.2 Å². The fraction of sp³-hybridized carbons (Fsp3) is 0.900. The first-order valence-corrected chi connectivity index (χ1v) is 5.33. The van der Waals surface area contributed by atoms with Crippen LogP contribution in [-0.4, -0.2) is 29.7 Å². The average molecular weight is 202 g/mol. The number of nitrogens with one attached hydrogen (secondary N) is 1. The van der Waals surface area contributed by atoms with Crippen molar-refractivity contribution in [3.8, 4) is 0 Å². The van der Waals surface area contributed by atoms with E-state index in [0.717, 1.165) is 12.8 Å². The molecule has 0 aliphatic rings. The number of carbonyl (C=O) groups excluding carboxylic acids is 1. The standard InChI is InChI=1S/C10H22N2O2/c1-3-5-9(11)10(14)12-7-6-8(13)4-2/h8-9,13H,3-7,11H2,1-2H3,(H,12,14). The van der Waals surface area contributed by atoms with Crippen LogP contribution in [-0.2, 0) is 4.79 Å². The van der Waals surface area contributed by atoms with Crippen LogP contribution in [0.1, 0.15) is 39.5 Å². The van der Waals surface area contributed by atoms with Crippen molar-refractivity contribution >= 4 is 5.91 Å². The van der Waals surface area contributed by atoms with Gasteiger partial charge in [-0.2, -0.15) is 0 Å². The van der Waals surface area contributed by atoms with E-state index in [4.69, 9.17) is 5.73 Å². The van der Waals surface area contributed by atoms with Gasteiger partial charge in [0.15, 0.2) is 0 Å². The number of amides is 1. The molecule has 2 unspecified atom stereocenters. The fourth-order valence-electron chi connectivity index (χ4n) is 1.14. The Morgan fingerprint density at radius 3 is 2.57 bits per heavy atom. The average Bonchev–Trinajstić information content (AvgIpc) is 2.17. The third-order valence-corrected chi connectivity index (χ3v) is 2.18. The van der Waals surface area contributed by atoms with Crippen molar-refractivity contribution in [2.45, 2.75) is 51.7 Å². The summed E-state index contributed by atoms with van der Waals surface area (Å²) in [6, 6.07) is -0.404. The van der Waals surface area contributed by atoms with Crippen molar-refractivity contribution in [1.82, 2.24) is 5.32 Å². The first-order valence-electron chi connectivity index (χ1n) is 5.33. The van der Waals surface area contributed by atoms with Gasteiger partial charge in [0.05, 0.1) is 12.1 Å². The van der Waals surface area contributed by atoms with Gasteiger partial charge in [-0.25, -0.2) is 0 Å². The fourth-order valence-corrected chi connectivity index (χ4v) is 1.14. The normalized spacial score (nSPS) is 14.9. The molecule has 0 heterocycles. The summed E-state index contributed by atoms with van der Waals surface area (Å²) in [5.74, 6) is -0.116. The molecule has 0 aromatic carbocycles. The number of aliphatic hydroxyl groups excluding tert-OH is 1. The largest absolute Gasteiger partial charge is 0.393 e. The van der Waals surface area contributed by atoms with Crippen LogP contribution in [0.3, 0.4) is 0 Å². The number of carbonyl (C=O) groups is 1. The molecule has 0 aromatic rings. The first kappa shape index (κ1) is 13.4. The van der Waals surface area contributed by atoms with Crippen LogP contribution >= 0.6 is 0 Å². The maximum atomic E-state index is 11.3. The molecule has 0 saturated heterocycles. The molecule has 1 amide bonds. The first-order chi connectivity index (χ1) is 6.61. The second-order valence-electron chi connectivity index (χ2n) is 3.54. The van der Waals surface area contributed by atoms with Gasteiger partial charge >= 0.3 is 0 Å². The van der Waals surface area contributed by atoms with Crippen LogP contribution in [0.15, 0.2) is 0 Å². The molecule has 14 heavy (non-hydrogen) atoms. The minimum atomic E-state index is -0.404. The molecule has 2 atom stereocenters. The highest BCUT2D eigenvalue weighted by molar-refractivity contribution is 5.81. The molecule has 0 fully saturated rings. The molecule has 4 N–H and O–H groups in total. The monoisotopic (exact) mass is 202 g/mol. The Morgan fingerprint density at radius 2 is 2.07 bits per heavy atom. The zero-order valence-corrected chi connectivity index (χ0v) is 9.12. The predicted molar refractivity (Wildman–Crippen MR) is 56.8 cm³/mol. The Kier molecular flexibility index (Phi) is 7.42. The van der Waals surface area contributed by atoms with Gasteiger partial charge in [-0.1, -0.05) is 20.3 Å². The van der Waals surface area contributed by atoms with Crippen molar-refractivity contribution in [3.05, 3.63) is 0 Å². The summed E-state index contributed by atoms with van der Waals surface area (Å²) in [6.07, 6.45) is 2.62. The molecule has 0 rings (SSSR count). The Hall–Kier alpha value is -0.610. The molecule has 0 aliphatic heterocycles. The van der Waals surface area contributed by atoms with Gasteiger partial charge in [0.25, 0.3) is 0 Å². The Labute approximate surface area is 85.9 Å². The van der Waals surface area contributed by atoms with Gasteiger partial charge in [0.2, 0.25) is 5.91 Å². The van der Waals surface area contributed by atoms with Gasteiger partial charge in [0, 0.05) is 6.54 Å². The summed E-state index contributed by atoms with van der Waals surface area (Å²) in [5, 5.41) is 11.9. The van der Waals surface area contributed by atoms with Gasteiger partial charge in [-0.05, 0) is 19.3 Å². The minimum absolute atomic E-state index is 0.116. The molecule has 4 nitrogen and oxygen atoms in total. The van der Waals surface area contributed by atoms with E-state index < -0.39 is 6.04 Å². The third-order valence-electron chi connectivity index (χ3n) is 2.18. The van der Waals surface area contributed by atoms with Crippen LogP contribution in [0.5, 0.6) is 0 Å². The maximum absolute atomic E-state index is 11.3. The van der Waals surface area contributed by atoms with E-state index >= 15 is 0 Å². The number of hydrogen-bond donors (Lipinski definition) is 3. The predicted octanol–water partition coefficient (Wildman–Crippen LogP) is 0.391. The van der Waals surface area contributed by atoms with Crippen molar-refractivity contribution in [1.29, 1.82) is 0 Å². The van der Waals surface area contributed by atoms with Gasteiger partial charge in [-0.3, -0.25) is 4.79 Å². The third kappa shape index (κ3) is 5.94. The van der Waals surface area contributed by atoms with Crippen LogP contribution in [0, 0.1) is 0 Å². The summed E-state index contributed by atoms with van der Waals surface area (Å²) < 4.78 is 0. The second kappa shape index (κ2) is 7.76. The van der Waals surface area contributed by atoms with Crippen LogP contribution in [0.2, 0.25) is 0 Å². The molecule has 4 heteroatoms. The topological polar surface area (TPSA) is 75.4 Å². The molecule has 0 aromatic heterocycles. The van der Waals surface area contributed by atoms with Crippen LogP contribution < -0.4 is 11.1 Å². The summed E-state index contributed by atoms with van der Waals surface area (Å²) in [4.78, 5) is 11.3. The molecule has 0 bridgehead atoms. The van der Waals surface area contributed by atoms with Crippen molar-refractivity contribution in [2.75, 3.05) is 6.54 Å². The lowest BCUT2D eigenvalue weighted by atomic mass is 10.1. The summed E-state index contributed by atoms with van der Waals surface area (Å²) >= 11 is 0. The maximum Gasteiger partial charge on any atom is 0.236 e. The highest BCUT2D eigenvalue weighted by Crippen LogP contribution is 1.96. The van der Waals surface area contributed by atoms with E-state index in [9.17, 15) is 9.90 Å². The quantitative estimate of drug-likeness (QED) is 0.559. The molecule has 0 aliphatic carbocycles. The Morgan fingerprint density at radius 1 is 1.43 bits per heavy atom. The second-order valence-corrected chi connectivity index (χ2v) is 3.54. The van der Waals surface area contributed by atoms with Crippen molar-refractivity contribution in [3.63, 3.8) is 0 Å². The lowest BCUT2D eigenvalue weighted by Gasteiger charge is -2.12. The zero-order valence-electron chi connectivity index (χ0n) is 9.12. The Balaban J connectivity index is 3.53. The minimum Gasteiger partial charge on any atom is -0.393 e. The highest BCUT2D eigenvalue weighted by Gasteiger charge is 2.11. The molecule has 84 valence electrons. The summed E-state index contributed by atoms with van der Waals surface area (Å²) in [5.41, 5.74) is 5.60. The van der Waals surface area contributed by atoms with E-state index in [2.05, 4.69) is 5.32 Å². The van der Waals surface area contributed by atoms with E-state index in [1.165, 1.54) is 0 Å². The van der Waals surface area contributed by atoms with E-state index in [-0.39, 0.29) is 12.0 Å². The molecular weight excluding hydrogens is 180 g/mol. The van der Waals surface area contributed by atoms with E-state index in [1.54, 1.807) is 0 Å². The van der Waals surface area contributed by atoms with Crippen molar-refractivity contribution < 1.29 is 9.90 Å². The van der Waals surface area contributed by atoms with E-state index in [0.29, 0.717) is 19.4 Å². The molecule has 0 saturated carbocycles. The van der Waals surface area contributed by atoms with Crippen molar-refractivity contribution in [2.24, 2.45) is 5.73 Å². The zero-order chi connectivity index (χ0) is 11.0. The molecular formula is C10H22N2O2. The van der Waals surface area contributed by atoms with Gasteiger partial charge in [-0.15, -0.1) is 0 Å². The lowest BCUT2D eigenvalue weighted by Crippen LogP contribution is -2.41. The number of aliphatic hydroxyl groups is 1. The van der Waals surface area contributed by atoms with Crippen LogP contribution in [0.25, 0.3) is 0 Å². The lowest BCUT2D eigenvalue weighted by molar-refractivity contribution is -0.122. The summed E-state index contributed by atoms with van der Waals surface area (Å²) in [7, 11) is 0. The molecule has 0 spiro atoms. The van der Waals surface area contributed by atoms with Crippen LogP contribution in [0.4, 0.5) is 0 Å².